The number of fused-ring (bicyclic) bond motifs is 3. The summed E-state index contributed by atoms with van der Waals surface area (Å²) < 4.78 is 45.6. The number of pyridine rings is 1. The van der Waals surface area contributed by atoms with Crippen molar-refractivity contribution in [1.82, 2.24) is 24.8 Å². The largest absolute Gasteiger partial charge is 0.434 e. The molecule has 0 amide bonds. The van der Waals surface area contributed by atoms with Gasteiger partial charge in [-0.2, -0.15) is 13.2 Å². The number of aromatic amines is 1. The number of alkyl halides is 3. The summed E-state index contributed by atoms with van der Waals surface area (Å²) in [5.74, 6) is 1.07. The zero-order valence-corrected chi connectivity index (χ0v) is 27.7. The molecule has 14 heteroatoms. The predicted octanol–water partition coefficient (Wildman–Crippen LogP) is 6.70. The van der Waals surface area contributed by atoms with Crippen LogP contribution in [-0.4, -0.2) is 58.2 Å². The van der Waals surface area contributed by atoms with Gasteiger partial charge in [-0.15, -0.1) is 24.8 Å². The predicted molar refractivity (Wildman–Crippen MR) is 176 cm³/mol. The molecular weight excluding hydrogens is 669 g/mol. The maximum Gasteiger partial charge on any atom is 0.434 e. The molecule has 0 bridgehead atoms. The average molecular weight is 706 g/mol. The maximum atomic E-state index is 13.7. The number of piperazine rings is 1. The minimum atomic E-state index is -4.62. The van der Waals surface area contributed by atoms with Gasteiger partial charge in [-0.05, 0) is 61.1 Å². The van der Waals surface area contributed by atoms with E-state index in [0.29, 0.717) is 37.0 Å². The summed E-state index contributed by atoms with van der Waals surface area (Å²) in [5, 5.41) is 4.94. The number of nitrogens with zero attached hydrogens (tertiary/aromatic N) is 5. The number of hydrogen-bond donors (Lipinski definition) is 2. The number of hydrogen-bond acceptors (Lipinski definition) is 4. The lowest BCUT2D eigenvalue weighted by Gasteiger charge is -2.43. The van der Waals surface area contributed by atoms with Crippen LogP contribution < -0.4 is 14.8 Å². The van der Waals surface area contributed by atoms with Crippen molar-refractivity contribution < 1.29 is 17.7 Å². The second-order valence-corrected chi connectivity index (χ2v) is 13.0. The lowest BCUT2D eigenvalue weighted by atomic mass is 9.85. The Bertz CT molecular complexity index is 1620. The highest BCUT2D eigenvalue weighted by molar-refractivity contribution is 6.31. The van der Waals surface area contributed by atoms with E-state index in [1.54, 1.807) is 6.07 Å². The summed E-state index contributed by atoms with van der Waals surface area (Å²) in [4.78, 5) is 12.2. The molecular formula is C31H37Cl4F3N7+. The van der Waals surface area contributed by atoms with Gasteiger partial charge in [0.2, 0.25) is 6.33 Å². The second-order valence-electron chi connectivity index (χ2n) is 12.1. The fourth-order valence-corrected chi connectivity index (χ4v) is 7.31. The Morgan fingerprint density at radius 1 is 1.04 bits per heavy atom. The van der Waals surface area contributed by atoms with Crippen molar-refractivity contribution in [2.45, 2.75) is 57.0 Å². The van der Waals surface area contributed by atoms with Crippen LogP contribution in [0.2, 0.25) is 10.0 Å². The first kappa shape index (κ1) is 34.1. The molecule has 5 heterocycles. The van der Waals surface area contributed by atoms with E-state index in [4.69, 9.17) is 23.2 Å². The van der Waals surface area contributed by atoms with Crippen molar-refractivity contribution >= 4 is 64.7 Å². The lowest BCUT2D eigenvalue weighted by molar-refractivity contribution is -0.704. The van der Waals surface area contributed by atoms with Gasteiger partial charge in [0.1, 0.15) is 24.8 Å². The Morgan fingerprint density at radius 3 is 2.62 bits per heavy atom. The second kappa shape index (κ2) is 13.9. The fraction of sp³-hybridized carbons (Fsp3) is 0.484. The number of nitrogens with one attached hydrogen (secondary N) is 2. The molecule has 2 fully saturated rings. The molecule has 7 nitrogen and oxygen atoms in total. The minimum absolute atomic E-state index is 0. The molecule has 4 aromatic rings. The van der Waals surface area contributed by atoms with E-state index in [0.717, 1.165) is 42.9 Å². The monoisotopic (exact) mass is 704 g/mol. The number of H-pyrrole nitrogens is 1. The van der Waals surface area contributed by atoms with Gasteiger partial charge in [-0.1, -0.05) is 29.6 Å². The van der Waals surface area contributed by atoms with E-state index in [-0.39, 0.29) is 41.9 Å². The molecule has 2 unspecified atom stereocenters. The summed E-state index contributed by atoms with van der Waals surface area (Å²) in [7, 11) is 0. The van der Waals surface area contributed by atoms with Crippen LogP contribution >= 0.6 is 48.0 Å². The van der Waals surface area contributed by atoms with Gasteiger partial charge in [0.05, 0.1) is 23.7 Å². The van der Waals surface area contributed by atoms with Crippen LogP contribution in [0.25, 0.3) is 10.9 Å². The molecule has 0 spiro atoms. The van der Waals surface area contributed by atoms with E-state index in [1.165, 1.54) is 36.6 Å². The van der Waals surface area contributed by atoms with E-state index in [1.807, 2.05) is 23.1 Å². The summed E-state index contributed by atoms with van der Waals surface area (Å²) in [6, 6.07) is 8.88. The van der Waals surface area contributed by atoms with E-state index < -0.39 is 11.9 Å². The Kier molecular flexibility index (Phi) is 10.5. The molecule has 1 saturated carbocycles. The number of anilines is 1. The number of benzene rings is 1. The van der Waals surface area contributed by atoms with Crippen molar-refractivity contribution in [3.63, 3.8) is 0 Å². The first-order valence-electron chi connectivity index (χ1n) is 15.0. The third kappa shape index (κ3) is 7.06. The highest BCUT2D eigenvalue weighted by Crippen LogP contribution is 2.38. The third-order valence-electron chi connectivity index (χ3n) is 9.34. The van der Waals surface area contributed by atoms with Gasteiger partial charge in [0, 0.05) is 54.3 Å². The molecule has 0 radical (unpaired) electrons. The van der Waals surface area contributed by atoms with E-state index in [9.17, 15) is 13.2 Å². The highest BCUT2D eigenvalue weighted by Gasteiger charge is 2.38. The molecule has 2 aliphatic heterocycles. The fourth-order valence-electron chi connectivity index (χ4n) is 6.93. The van der Waals surface area contributed by atoms with Gasteiger partial charge in [-0.25, -0.2) is 14.1 Å². The Hall–Kier alpha value is -2.21. The van der Waals surface area contributed by atoms with Crippen LogP contribution in [0, 0.1) is 5.92 Å². The van der Waals surface area contributed by atoms with Gasteiger partial charge in [0.15, 0.2) is 5.69 Å². The smallest absolute Gasteiger partial charge is 0.357 e. The van der Waals surface area contributed by atoms with Crippen LogP contribution in [-0.2, 0) is 25.7 Å². The number of aromatic nitrogens is 4. The van der Waals surface area contributed by atoms with Crippen molar-refractivity contribution in [3.05, 3.63) is 76.0 Å². The Balaban J connectivity index is 0.00000200. The minimum Gasteiger partial charge on any atom is -0.357 e. The topological polar surface area (TPSA) is 56.0 Å². The van der Waals surface area contributed by atoms with Crippen molar-refractivity contribution in [3.8, 4) is 0 Å². The molecule has 45 heavy (non-hydrogen) atoms. The SMILES string of the molecule is Cl.Cl.FC(F)(F)c1nc(N2CCNCC2CN2CCc3c([nH]c4ccc(Cl)cc34)C2Cn2cc[n+](CC3CCC3)c2)ccc1Cl. The van der Waals surface area contributed by atoms with Crippen LogP contribution in [0.4, 0.5) is 19.0 Å². The zero-order chi connectivity index (χ0) is 29.7. The number of rotatable bonds is 7. The lowest BCUT2D eigenvalue weighted by Crippen LogP contribution is -2.57. The molecule has 1 aromatic carbocycles. The molecule has 7 rings (SSSR count). The van der Waals surface area contributed by atoms with Crippen LogP contribution in [0.3, 0.4) is 0 Å². The zero-order valence-electron chi connectivity index (χ0n) is 24.6. The van der Waals surface area contributed by atoms with Crippen molar-refractivity contribution in [2.24, 2.45) is 5.92 Å². The van der Waals surface area contributed by atoms with Crippen molar-refractivity contribution in [1.29, 1.82) is 0 Å². The molecule has 2 atom stereocenters. The average Bonchev–Trinajstić information content (AvgIpc) is 3.56. The molecule has 3 aromatic heterocycles. The summed E-state index contributed by atoms with van der Waals surface area (Å²) in [5.41, 5.74) is 2.51. The normalized spacial score (nSPS) is 20.8. The highest BCUT2D eigenvalue weighted by atomic mass is 35.5. The van der Waals surface area contributed by atoms with E-state index >= 15 is 0 Å². The first-order valence-corrected chi connectivity index (χ1v) is 15.8. The summed E-state index contributed by atoms with van der Waals surface area (Å²) in [6.45, 7) is 5.17. The van der Waals surface area contributed by atoms with Crippen LogP contribution in [0.1, 0.15) is 42.3 Å². The summed E-state index contributed by atoms with van der Waals surface area (Å²) in [6.07, 6.45) is 6.68. The molecule has 1 saturated heterocycles. The Morgan fingerprint density at radius 2 is 1.87 bits per heavy atom. The summed E-state index contributed by atoms with van der Waals surface area (Å²) >= 11 is 12.3. The maximum absolute atomic E-state index is 13.7. The Labute approximate surface area is 282 Å². The van der Waals surface area contributed by atoms with Gasteiger partial charge in [-0.3, -0.25) is 4.90 Å². The third-order valence-corrected chi connectivity index (χ3v) is 9.88. The van der Waals surface area contributed by atoms with Gasteiger partial charge in [0.25, 0.3) is 0 Å². The molecule has 1 aliphatic carbocycles. The van der Waals surface area contributed by atoms with Crippen LogP contribution in [0.5, 0.6) is 0 Å². The van der Waals surface area contributed by atoms with Gasteiger partial charge >= 0.3 is 6.18 Å². The molecule has 3 aliphatic rings. The first-order chi connectivity index (χ1) is 20.7. The molecule has 244 valence electrons. The van der Waals surface area contributed by atoms with E-state index in [2.05, 4.69) is 48.0 Å². The number of imidazole rings is 1. The quantitative estimate of drug-likeness (QED) is 0.210. The standard InChI is InChI=1S/C31H35Cl2F3N7.2ClH/c32-21-4-6-26-24(14-21)23-8-10-42(27(29(23)38-26)18-41-13-12-40(19-41)16-20-2-1-3-20)17-22-15-37-9-11-43(22)28-7-5-25(33)30(39-28)31(34,35)36;;/h4-7,12-14,19-20,22,27,37-38H,1-3,8-11,15-18H2;2*1H/q+1;;. The van der Waals surface area contributed by atoms with Crippen LogP contribution in [0.15, 0.2) is 49.1 Å². The molecule has 2 N–H and O–H groups in total. The number of halogens is 7. The van der Waals surface area contributed by atoms with Gasteiger partial charge < -0.3 is 15.2 Å². The van der Waals surface area contributed by atoms with Crippen molar-refractivity contribution in [2.75, 3.05) is 37.6 Å².